The second-order valence-corrected chi connectivity index (χ2v) is 7.33. The third kappa shape index (κ3) is 3.26. The summed E-state index contributed by atoms with van der Waals surface area (Å²) in [7, 11) is 0. The standard InChI is InChI=1S/C20H13ClF2N6O/c21-12-7-15-17(29(28-27-15)10-4-5-10)6-11(12)16-8-25-18(9-24-16)26-20(30)19-13(22)2-1-3-14(19)23/h1-3,6-10H,4-5H2,(H,25,26,30). The van der Waals surface area contributed by atoms with Crippen molar-refractivity contribution in [1.82, 2.24) is 25.0 Å². The van der Waals surface area contributed by atoms with Crippen molar-refractivity contribution in [3.8, 4) is 11.3 Å². The maximum atomic E-state index is 13.8. The second-order valence-electron chi connectivity index (χ2n) is 6.92. The zero-order valence-electron chi connectivity index (χ0n) is 15.3. The van der Waals surface area contributed by atoms with Crippen LogP contribution in [-0.2, 0) is 0 Å². The molecule has 30 heavy (non-hydrogen) atoms. The van der Waals surface area contributed by atoms with Crippen molar-refractivity contribution in [2.24, 2.45) is 0 Å². The fraction of sp³-hybridized carbons (Fsp3) is 0.150. The summed E-state index contributed by atoms with van der Waals surface area (Å²) in [6.45, 7) is 0. The van der Waals surface area contributed by atoms with Crippen molar-refractivity contribution in [2.75, 3.05) is 5.32 Å². The summed E-state index contributed by atoms with van der Waals surface area (Å²) in [6.07, 6.45) is 4.84. The summed E-state index contributed by atoms with van der Waals surface area (Å²) in [4.78, 5) is 20.6. The van der Waals surface area contributed by atoms with E-state index in [0.717, 1.165) is 30.5 Å². The Kier molecular flexibility index (Phi) is 4.39. The Labute approximate surface area is 173 Å². The summed E-state index contributed by atoms with van der Waals surface area (Å²) < 4.78 is 29.4. The topological polar surface area (TPSA) is 85.6 Å². The van der Waals surface area contributed by atoms with Gasteiger partial charge in [-0.15, -0.1) is 5.10 Å². The van der Waals surface area contributed by atoms with Crippen LogP contribution in [0.3, 0.4) is 0 Å². The van der Waals surface area contributed by atoms with E-state index in [-0.39, 0.29) is 5.82 Å². The number of nitrogens with zero attached hydrogens (tertiary/aromatic N) is 5. The van der Waals surface area contributed by atoms with Gasteiger partial charge in [-0.2, -0.15) is 0 Å². The highest BCUT2D eigenvalue weighted by atomic mass is 35.5. The van der Waals surface area contributed by atoms with E-state index in [2.05, 4.69) is 25.6 Å². The molecule has 5 rings (SSSR count). The molecule has 150 valence electrons. The van der Waals surface area contributed by atoms with Crippen LogP contribution >= 0.6 is 11.6 Å². The third-order valence-corrected chi connectivity index (χ3v) is 5.12. The van der Waals surface area contributed by atoms with E-state index in [4.69, 9.17) is 11.6 Å². The number of nitrogens with one attached hydrogen (secondary N) is 1. The van der Waals surface area contributed by atoms with Crippen molar-refractivity contribution < 1.29 is 13.6 Å². The van der Waals surface area contributed by atoms with Gasteiger partial charge in [0.1, 0.15) is 22.7 Å². The van der Waals surface area contributed by atoms with Gasteiger partial charge < -0.3 is 5.32 Å². The second kappa shape index (κ2) is 7.10. The van der Waals surface area contributed by atoms with Gasteiger partial charge in [0.15, 0.2) is 5.82 Å². The number of rotatable bonds is 4. The number of aromatic nitrogens is 5. The van der Waals surface area contributed by atoms with E-state index in [1.165, 1.54) is 18.5 Å². The van der Waals surface area contributed by atoms with Gasteiger partial charge in [0.2, 0.25) is 0 Å². The Morgan fingerprint density at radius 2 is 1.90 bits per heavy atom. The molecular formula is C20H13ClF2N6O. The molecule has 1 aliphatic carbocycles. The largest absolute Gasteiger partial charge is 0.305 e. The Morgan fingerprint density at radius 1 is 1.13 bits per heavy atom. The summed E-state index contributed by atoms with van der Waals surface area (Å²) >= 11 is 6.38. The Bertz CT molecular complexity index is 1270. The molecular weight excluding hydrogens is 414 g/mol. The normalized spacial score (nSPS) is 13.6. The molecule has 1 amide bonds. The van der Waals surface area contributed by atoms with E-state index >= 15 is 0 Å². The minimum Gasteiger partial charge on any atom is -0.305 e. The minimum absolute atomic E-state index is 0.0493. The number of hydrogen-bond acceptors (Lipinski definition) is 5. The van der Waals surface area contributed by atoms with Gasteiger partial charge in [0.05, 0.1) is 34.7 Å². The summed E-state index contributed by atoms with van der Waals surface area (Å²) in [5, 5.41) is 11.1. The molecule has 0 radical (unpaired) electrons. The summed E-state index contributed by atoms with van der Waals surface area (Å²) in [6, 6.07) is 7.12. The first-order valence-corrected chi connectivity index (χ1v) is 9.51. The average Bonchev–Trinajstić information content (AvgIpc) is 3.48. The molecule has 1 aliphatic rings. The molecule has 2 aromatic heterocycles. The van der Waals surface area contributed by atoms with Gasteiger partial charge in [-0.05, 0) is 37.1 Å². The van der Waals surface area contributed by atoms with Crippen LogP contribution < -0.4 is 5.32 Å². The van der Waals surface area contributed by atoms with E-state index in [1.54, 1.807) is 6.07 Å². The van der Waals surface area contributed by atoms with Gasteiger partial charge >= 0.3 is 0 Å². The predicted octanol–water partition coefficient (Wildman–Crippen LogP) is 4.41. The van der Waals surface area contributed by atoms with Crippen LogP contribution in [0.5, 0.6) is 0 Å². The molecule has 10 heteroatoms. The van der Waals surface area contributed by atoms with Crippen LogP contribution in [0.15, 0.2) is 42.7 Å². The molecule has 0 spiro atoms. The lowest BCUT2D eigenvalue weighted by Gasteiger charge is -2.08. The van der Waals surface area contributed by atoms with Crippen LogP contribution in [0.2, 0.25) is 5.02 Å². The number of fused-ring (bicyclic) bond motifs is 1. The van der Waals surface area contributed by atoms with Crippen molar-refractivity contribution in [3.63, 3.8) is 0 Å². The number of amides is 1. The summed E-state index contributed by atoms with van der Waals surface area (Å²) in [5.41, 5.74) is 1.97. The predicted molar refractivity (Wildman–Crippen MR) is 106 cm³/mol. The molecule has 0 atom stereocenters. The average molecular weight is 427 g/mol. The first-order chi connectivity index (χ1) is 14.5. The van der Waals surface area contributed by atoms with Crippen LogP contribution in [0.25, 0.3) is 22.3 Å². The van der Waals surface area contributed by atoms with E-state index in [0.29, 0.717) is 27.8 Å². The third-order valence-electron chi connectivity index (χ3n) is 4.81. The number of benzene rings is 2. The molecule has 4 aromatic rings. The van der Waals surface area contributed by atoms with E-state index in [9.17, 15) is 13.6 Å². The quantitative estimate of drug-likeness (QED) is 0.522. The number of halogens is 3. The first-order valence-electron chi connectivity index (χ1n) is 9.13. The Balaban J connectivity index is 1.43. The Morgan fingerprint density at radius 3 is 2.57 bits per heavy atom. The number of hydrogen-bond donors (Lipinski definition) is 1. The number of anilines is 1. The molecule has 0 aliphatic heterocycles. The molecule has 0 bridgehead atoms. The zero-order valence-corrected chi connectivity index (χ0v) is 16.1. The molecule has 1 N–H and O–H groups in total. The van der Waals surface area contributed by atoms with Gasteiger partial charge in [-0.3, -0.25) is 9.78 Å². The van der Waals surface area contributed by atoms with Crippen LogP contribution in [0.1, 0.15) is 29.2 Å². The lowest BCUT2D eigenvalue weighted by molar-refractivity contribution is 0.101. The summed E-state index contributed by atoms with van der Waals surface area (Å²) in [5.74, 6) is -2.82. The molecule has 1 saturated carbocycles. The molecule has 0 unspecified atom stereocenters. The lowest BCUT2D eigenvalue weighted by atomic mass is 10.1. The highest BCUT2D eigenvalue weighted by Crippen LogP contribution is 2.38. The smallest absolute Gasteiger partial charge is 0.262 e. The molecule has 2 heterocycles. The van der Waals surface area contributed by atoms with E-state index in [1.807, 2.05) is 10.7 Å². The fourth-order valence-corrected chi connectivity index (χ4v) is 3.42. The monoisotopic (exact) mass is 426 g/mol. The van der Waals surface area contributed by atoms with Crippen molar-refractivity contribution >= 4 is 34.4 Å². The first kappa shape index (κ1) is 18.6. The van der Waals surface area contributed by atoms with E-state index < -0.39 is 23.1 Å². The molecule has 1 fully saturated rings. The minimum atomic E-state index is -0.960. The number of carbonyl (C=O) groups is 1. The highest BCUT2D eigenvalue weighted by molar-refractivity contribution is 6.34. The van der Waals surface area contributed by atoms with Gasteiger partial charge in [-0.1, -0.05) is 22.9 Å². The number of carbonyl (C=O) groups excluding carboxylic acids is 1. The van der Waals surface area contributed by atoms with Crippen molar-refractivity contribution in [3.05, 3.63) is 64.9 Å². The van der Waals surface area contributed by atoms with Crippen LogP contribution in [0.4, 0.5) is 14.6 Å². The van der Waals surface area contributed by atoms with Crippen LogP contribution in [-0.4, -0.2) is 30.9 Å². The fourth-order valence-electron chi connectivity index (χ4n) is 3.17. The molecule has 0 saturated heterocycles. The maximum absolute atomic E-state index is 13.8. The van der Waals surface area contributed by atoms with Crippen molar-refractivity contribution in [2.45, 2.75) is 18.9 Å². The molecule has 2 aromatic carbocycles. The van der Waals surface area contributed by atoms with Gasteiger partial charge in [0.25, 0.3) is 5.91 Å². The van der Waals surface area contributed by atoms with Crippen LogP contribution in [0, 0.1) is 11.6 Å². The SMILES string of the molecule is O=C(Nc1cnc(-c2cc3c(cc2Cl)nnn3C2CC2)cn1)c1c(F)cccc1F. The highest BCUT2D eigenvalue weighted by Gasteiger charge is 2.27. The Hall–Kier alpha value is -3.46. The maximum Gasteiger partial charge on any atom is 0.262 e. The zero-order chi connectivity index (χ0) is 20.8. The van der Waals surface area contributed by atoms with Crippen molar-refractivity contribution in [1.29, 1.82) is 0 Å². The van der Waals surface area contributed by atoms with Gasteiger partial charge in [-0.25, -0.2) is 18.4 Å². The molecule has 7 nitrogen and oxygen atoms in total. The van der Waals surface area contributed by atoms with Gasteiger partial charge in [0, 0.05) is 5.56 Å². The lowest BCUT2D eigenvalue weighted by Crippen LogP contribution is -2.16.